The van der Waals surface area contributed by atoms with E-state index >= 15 is 0 Å². The van der Waals surface area contributed by atoms with Gasteiger partial charge in [-0.15, -0.1) is 0 Å². The fourth-order valence-corrected chi connectivity index (χ4v) is 1.72. The van der Waals surface area contributed by atoms with Crippen molar-refractivity contribution >= 4 is 16.7 Å². The van der Waals surface area contributed by atoms with Crippen molar-refractivity contribution in [1.29, 1.82) is 0 Å². The fraction of sp³-hybridized carbons (Fsp3) is 0.167. The summed E-state index contributed by atoms with van der Waals surface area (Å²) < 4.78 is 57.7. The molecule has 106 valence electrons. The number of nitrogens with zero attached hydrogens (tertiary/aromatic N) is 1. The van der Waals surface area contributed by atoms with Crippen LogP contribution in [0.3, 0.4) is 0 Å². The first-order chi connectivity index (χ1) is 9.31. The molecule has 2 rings (SSSR count). The van der Waals surface area contributed by atoms with Gasteiger partial charge in [0.2, 0.25) is 11.6 Å². The van der Waals surface area contributed by atoms with E-state index in [1.807, 2.05) is 0 Å². The zero-order chi connectivity index (χ0) is 15.2. The van der Waals surface area contributed by atoms with Crippen LogP contribution in [0, 0.1) is 23.3 Å². The summed E-state index contributed by atoms with van der Waals surface area (Å²) in [5, 5.41) is 8.76. The molecule has 0 spiro atoms. The van der Waals surface area contributed by atoms with Crippen LogP contribution < -0.4 is 5.63 Å². The highest BCUT2D eigenvalue weighted by Gasteiger charge is 2.28. The van der Waals surface area contributed by atoms with Crippen molar-refractivity contribution in [2.24, 2.45) is 4.99 Å². The normalized spacial score (nSPS) is 12.2. The van der Waals surface area contributed by atoms with Crippen molar-refractivity contribution in [2.75, 3.05) is 7.05 Å². The summed E-state index contributed by atoms with van der Waals surface area (Å²) in [6.07, 6.45) is 0. The molecule has 1 N–H and O–H groups in total. The molecule has 20 heavy (non-hydrogen) atoms. The molecule has 0 bridgehead atoms. The number of hydrogen-bond donors (Lipinski definition) is 1. The molecule has 4 nitrogen and oxygen atoms in total. The fourth-order valence-electron chi connectivity index (χ4n) is 1.72. The van der Waals surface area contributed by atoms with Crippen molar-refractivity contribution in [3.63, 3.8) is 0 Å². The van der Waals surface area contributed by atoms with E-state index in [1.54, 1.807) is 0 Å². The van der Waals surface area contributed by atoms with Gasteiger partial charge in [-0.25, -0.2) is 18.0 Å². The Morgan fingerprint density at radius 2 is 1.65 bits per heavy atom. The second-order valence-corrected chi connectivity index (χ2v) is 3.88. The van der Waals surface area contributed by atoms with E-state index in [-0.39, 0.29) is 5.71 Å². The van der Waals surface area contributed by atoms with Crippen LogP contribution in [0.1, 0.15) is 12.5 Å². The quantitative estimate of drug-likeness (QED) is 0.288. The Kier molecular flexibility index (Phi) is 3.24. The Morgan fingerprint density at radius 1 is 1.10 bits per heavy atom. The van der Waals surface area contributed by atoms with Gasteiger partial charge < -0.3 is 9.52 Å². The molecular formula is C12H7F4NO3. The molecule has 0 amide bonds. The van der Waals surface area contributed by atoms with Crippen molar-refractivity contribution in [2.45, 2.75) is 6.92 Å². The molecule has 2 aromatic rings. The molecule has 1 aromatic carbocycles. The third-order valence-corrected chi connectivity index (χ3v) is 2.79. The van der Waals surface area contributed by atoms with E-state index in [4.69, 9.17) is 0 Å². The SMILES string of the molecule is CN=C(C)c1c(O)c2c(F)c(F)c(F)c(F)c2oc1=O. The first-order valence-electron chi connectivity index (χ1n) is 5.26. The smallest absolute Gasteiger partial charge is 0.349 e. The molecule has 0 atom stereocenters. The third-order valence-electron chi connectivity index (χ3n) is 2.79. The van der Waals surface area contributed by atoms with E-state index in [0.717, 1.165) is 0 Å². The maximum atomic E-state index is 13.6. The molecule has 0 unspecified atom stereocenters. The topological polar surface area (TPSA) is 62.8 Å². The molecule has 0 aliphatic rings. The molecule has 1 heterocycles. The minimum atomic E-state index is -2.13. The number of rotatable bonds is 1. The average molecular weight is 289 g/mol. The minimum Gasteiger partial charge on any atom is -0.506 e. The van der Waals surface area contributed by atoms with Crippen molar-refractivity contribution < 1.29 is 27.1 Å². The van der Waals surface area contributed by atoms with E-state index in [0.29, 0.717) is 0 Å². The Hall–Kier alpha value is -2.38. The minimum absolute atomic E-state index is 0.0392. The lowest BCUT2D eigenvalue weighted by atomic mass is 10.1. The largest absolute Gasteiger partial charge is 0.506 e. The summed E-state index contributed by atoms with van der Waals surface area (Å²) in [4.78, 5) is 15.2. The summed E-state index contributed by atoms with van der Waals surface area (Å²) in [6.45, 7) is 1.30. The Labute approximate surface area is 109 Å². The highest BCUT2D eigenvalue weighted by atomic mass is 19.2. The Bertz CT molecular complexity index is 811. The maximum Gasteiger partial charge on any atom is 0.349 e. The molecule has 8 heteroatoms. The molecule has 1 aromatic heterocycles. The summed E-state index contributed by atoms with van der Waals surface area (Å²) in [6, 6.07) is 0. The predicted octanol–water partition coefficient (Wildman–Crippen LogP) is 2.49. The van der Waals surface area contributed by atoms with Gasteiger partial charge in [-0.05, 0) is 6.92 Å². The number of benzene rings is 1. The zero-order valence-corrected chi connectivity index (χ0v) is 10.2. The number of aliphatic imine (C=N–C) groups is 1. The van der Waals surface area contributed by atoms with E-state index in [1.165, 1.54) is 14.0 Å². The van der Waals surface area contributed by atoms with E-state index < -0.39 is 51.2 Å². The van der Waals surface area contributed by atoms with Crippen LogP contribution in [0.4, 0.5) is 17.6 Å². The summed E-state index contributed by atoms with van der Waals surface area (Å²) >= 11 is 0. The van der Waals surface area contributed by atoms with Gasteiger partial charge in [-0.3, -0.25) is 4.99 Å². The summed E-state index contributed by atoms with van der Waals surface area (Å²) in [7, 11) is 1.28. The van der Waals surface area contributed by atoms with Crippen LogP contribution in [0.2, 0.25) is 0 Å². The van der Waals surface area contributed by atoms with Gasteiger partial charge in [0.05, 0.1) is 0 Å². The molecule has 0 aliphatic heterocycles. The highest BCUT2D eigenvalue weighted by Crippen LogP contribution is 2.33. The van der Waals surface area contributed by atoms with Crippen LogP contribution in [-0.2, 0) is 0 Å². The van der Waals surface area contributed by atoms with Gasteiger partial charge >= 0.3 is 5.63 Å². The van der Waals surface area contributed by atoms with Crippen LogP contribution >= 0.6 is 0 Å². The van der Waals surface area contributed by atoms with Crippen LogP contribution in [0.5, 0.6) is 5.75 Å². The van der Waals surface area contributed by atoms with Crippen molar-refractivity contribution in [3.8, 4) is 5.75 Å². The zero-order valence-electron chi connectivity index (χ0n) is 10.2. The predicted molar refractivity (Wildman–Crippen MR) is 62.1 cm³/mol. The Morgan fingerprint density at radius 3 is 2.20 bits per heavy atom. The van der Waals surface area contributed by atoms with Crippen molar-refractivity contribution in [3.05, 3.63) is 39.3 Å². The number of aromatic hydroxyl groups is 1. The molecule has 0 radical (unpaired) electrons. The first-order valence-corrected chi connectivity index (χ1v) is 5.26. The average Bonchev–Trinajstić information content (AvgIpc) is 2.41. The lowest BCUT2D eigenvalue weighted by molar-refractivity contribution is 0.398. The van der Waals surface area contributed by atoms with Gasteiger partial charge in [0.1, 0.15) is 16.7 Å². The maximum absolute atomic E-state index is 13.6. The molecule has 0 aliphatic carbocycles. The molecule has 0 saturated carbocycles. The van der Waals surface area contributed by atoms with Crippen molar-refractivity contribution in [1.82, 2.24) is 0 Å². The van der Waals surface area contributed by atoms with E-state index in [2.05, 4.69) is 9.41 Å². The lowest BCUT2D eigenvalue weighted by Crippen LogP contribution is -2.14. The lowest BCUT2D eigenvalue weighted by Gasteiger charge is -2.08. The monoisotopic (exact) mass is 289 g/mol. The number of halogens is 4. The standard InChI is InChI=1S/C12H7F4NO3/c1-3(17-2)4-10(18)5-6(13)7(14)8(15)9(16)11(5)20-12(4)19/h18H,1-2H3. The summed E-state index contributed by atoms with van der Waals surface area (Å²) in [5.74, 6) is -9.06. The van der Waals surface area contributed by atoms with Gasteiger partial charge in [0.25, 0.3) is 0 Å². The molecule has 0 fully saturated rings. The second kappa shape index (κ2) is 4.62. The van der Waals surface area contributed by atoms with E-state index in [9.17, 15) is 27.5 Å². The van der Waals surface area contributed by atoms with Gasteiger partial charge in [-0.1, -0.05) is 0 Å². The van der Waals surface area contributed by atoms with Crippen LogP contribution in [0.15, 0.2) is 14.2 Å². The molecule has 0 saturated heterocycles. The van der Waals surface area contributed by atoms with Gasteiger partial charge in [0, 0.05) is 12.8 Å². The first kappa shape index (κ1) is 14.0. The second-order valence-electron chi connectivity index (χ2n) is 3.88. The van der Waals surface area contributed by atoms with Crippen LogP contribution in [0.25, 0.3) is 11.0 Å². The number of fused-ring (bicyclic) bond motifs is 1. The summed E-state index contributed by atoms with van der Waals surface area (Å²) in [5.41, 5.74) is -3.04. The number of hydrogen-bond acceptors (Lipinski definition) is 4. The molecular weight excluding hydrogens is 282 g/mol. The van der Waals surface area contributed by atoms with Gasteiger partial charge in [0.15, 0.2) is 17.2 Å². The van der Waals surface area contributed by atoms with Gasteiger partial charge in [-0.2, -0.15) is 4.39 Å². The van der Waals surface area contributed by atoms with Crippen LogP contribution in [-0.4, -0.2) is 17.9 Å². The Balaban J connectivity index is 3.12. The highest BCUT2D eigenvalue weighted by molar-refractivity contribution is 6.04. The third kappa shape index (κ3) is 1.75.